The molecule has 8 atom stereocenters. The number of cyclic esters (lactones) is 4. The Kier molecular flexibility index (Phi) is 28.6. The van der Waals surface area contributed by atoms with E-state index in [1.165, 1.54) is 163 Å². The molecule has 0 unspecified atom stereocenters. The molecule has 0 bridgehead atoms. The number of hydrogen-bond donors (Lipinski definition) is 0. The van der Waals surface area contributed by atoms with E-state index in [9.17, 15) is 28.8 Å². The van der Waals surface area contributed by atoms with E-state index in [4.69, 9.17) is 18.9 Å². The first kappa shape index (κ1) is 71.0. The molecule has 16 nitrogen and oxygen atoms in total. The number of rotatable bonds is 16. The average Bonchev–Trinajstić information content (AvgIpc) is 3.60. The molecule has 0 spiro atoms. The highest BCUT2D eigenvalue weighted by atomic mass is 16.6. The number of hydrogen-bond acceptors (Lipinski definition) is 12. The van der Waals surface area contributed by atoms with Crippen molar-refractivity contribution in [3.05, 3.63) is 70.8 Å². The van der Waals surface area contributed by atoms with Crippen LogP contribution >= 0.6 is 0 Å². The Labute approximate surface area is 515 Å². The average molecular weight is 1200 g/mol. The monoisotopic (exact) mass is 1200 g/mol. The lowest BCUT2D eigenvalue weighted by Gasteiger charge is -2.35. The van der Waals surface area contributed by atoms with Gasteiger partial charge in [0.15, 0.2) is 24.4 Å². The zero-order valence-corrected chi connectivity index (χ0v) is 54.9. The van der Waals surface area contributed by atoms with Crippen LogP contribution in [0.2, 0.25) is 0 Å². The van der Waals surface area contributed by atoms with Crippen LogP contribution in [0.5, 0.6) is 0 Å². The van der Waals surface area contributed by atoms with Crippen molar-refractivity contribution in [1.29, 1.82) is 0 Å². The predicted octanol–water partition coefficient (Wildman–Crippen LogP) is 11.5. The SMILES string of the molecule is CC(C)C[C@H]1C(=O)O[C@H](Cc2ccc(CC3CCCCCCC3)cc2)C(=O)N(C)[C@@H](CC(C)C)C(=O)O[C@H](C)C(=O)N(C)[C@@H](CC(C)C)C(=O)O[C@H](Cc2ccc(CC3CCCCCCC3)cc2)C(=O)N(C)[C@@H](CC(C)C)C(=O)O[C@H](C)C(=O)N1C. The Morgan fingerprint density at radius 1 is 0.337 bits per heavy atom. The van der Waals surface area contributed by atoms with Crippen LogP contribution in [0.4, 0.5) is 0 Å². The summed E-state index contributed by atoms with van der Waals surface area (Å²) >= 11 is 0. The highest BCUT2D eigenvalue weighted by Crippen LogP contribution is 2.29. The fraction of sp³-hybridized carbons (Fsp3) is 0.714. The summed E-state index contributed by atoms with van der Waals surface area (Å²) in [7, 11) is 5.74. The lowest BCUT2D eigenvalue weighted by Crippen LogP contribution is -2.55. The first-order valence-electron chi connectivity index (χ1n) is 32.8. The van der Waals surface area contributed by atoms with Crippen molar-refractivity contribution in [2.24, 2.45) is 35.5 Å². The van der Waals surface area contributed by atoms with E-state index in [0.717, 1.165) is 12.8 Å². The minimum Gasteiger partial charge on any atom is -0.451 e. The maximum atomic E-state index is 15.1. The van der Waals surface area contributed by atoms with Crippen LogP contribution in [0, 0.1) is 35.5 Å². The molecule has 2 saturated carbocycles. The van der Waals surface area contributed by atoms with Gasteiger partial charge in [0.25, 0.3) is 23.6 Å². The largest absolute Gasteiger partial charge is 0.451 e. The van der Waals surface area contributed by atoms with Crippen LogP contribution < -0.4 is 0 Å². The van der Waals surface area contributed by atoms with Crippen LogP contribution in [0.3, 0.4) is 0 Å². The van der Waals surface area contributed by atoms with Gasteiger partial charge in [-0.05, 0) is 110 Å². The van der Waals surface area contributed by atoms with E-state index in [2.05, 4.69) is 24.3 Å². The molecule has 1 saturated heterocycles. The summed E-state index contributed by atoms with van der Waals surface area (Å²) in [5.74, 6) is -5.80. The van der Waals surface area contributed by atoms with Gasteiger partial charge in [-0.25, -0.2) is 19.2 Å². The molecule has 0 radical (unpaired) electrons. The van der Waals surface area contributed by atoms with Crippen LogP contribution in [0.15, 0.2) is 48.5 Å². The molecule has 5 rings (SSSR count). The van der Waals surface area contributed by atoms with E-state index in [1.54, 1.807) is 0 Å². The molecule has 16 heteroatoms. The molecular formula is C70H108N4O12. The Hall–Kier alpha value is -5.80. The van der Waals surface area contributed by atoms with Gasteiger partial charge in [0, 0.05) is 41.0 Å². The molecule has 3 fully saturated rings. The van der Waals surface area contributed by atoms with Gasteiger partial charge >= 0.3 is 23.9 Å². The number of likely N-dealkylation sites (N-methyl/N-ethyl adjacent to an activating group) is 4. The molecule has 480 valence electrons. The summed E-state index contributed by atoms with van der Waals surface area (Å²) in [4.78, 5) is 123. The van der Waals surface area contributed by atoms with E-state index in [-0.39, 0.29) is 62.2 Å². The van der Waals surface area contributed by atoms with Crippen molar-refractivity contribution >= 4 is 47.5 Å². The number of nitrogens with zero attached hydrogens (tertiary/aromatic N) is 4. The maximum absolute atomic E-state index is 15.1. The fourth-order valence-electron chi connectivity index (χ4n) is 12.7. The molecule has 4 amide bonds. The number of carbonyl (C=O) groups excluding carboxylic acids is 8. The normalized spacial score (nSPS) is 25.6. The van der Waals surface area contributed by atoms with Gasteiger partial charge in [0.2, 0.25) is 0 Å². The lowest BCUT2D eigenvalue weighted by atomic mass is 9.86. The fourth-order valence-corrected chi connectivity index (χ4v) is 12.7. The highest BCUT2D eigenvalue weighted by Gasteiger charge is 2.43. The zero-order valence-electron chi connectivity index (χ0n) is 54.9. The van der Waals surface area contributed by atoms with Crippen molar-refractivity contribution in [2.45, 2.75) is 259 Å². The van der Waals surface area contributed by atoms with Gasteiger partial charge < -0.3 is 38.5 Å². The van der Waals surface area contributed by atoms with Gasteiger partial charge in [0.1, 0.15) is 24.2 Å². The molecule has 2 aliphatic carbocycles. The number of ether oxygens (including phenoxy) is 4. The molecule has 0 aromatic heterocycles. The third kappa shape index (κ3) is 21.8. The van der Waals surface area contributed by atoms with E-state index in [0.29, 0.717) is 23.0 Å². The zero-order chi connectivity index (χ0) is 63.4. The Bertz CT molecular complexity index is 2310. The minimum absolute atomic E-state index is 0.0633. The molecule has 1 heterocycles. The molecule has 86 heavy (non-hydrogen) atoms. The van der Waals surface area contributed by atoms with Crippen molar-refractivity contribution < 1.29 is 57.3 Å². The first-order chi connectivity index (χ1) is 40.7. The lowest BCUT2D eigenvalue weighted by molar-refractivity contribution is -0.176. The van der Waals surface area contributed by atoms with Gasteiger partial charge in [0.05, 0.1) is 0 Å². The van der Waals surface area contributed by atoms with E-state index < -0.39 is 96.1 Å². The molecule has 1 aliphatic heterocycles. The van der Waals surface area contributed by atoms with Gasteiger partial charge in [-0.1, -0.05) is 194 Å². The summed E-state index contributed by atoms with van der Waals surface area (Å²) in [5, 5.41) is 0. The van der Waals surface area contributed by atoms with Crippen molar-refractivity contribution in [3.8, 4) is 0 Å². The summed E-state index contributed by atoms with van der Waals surface area (Å²) < 4.78 is 24.5. The highest BCUT2D eigenvalue weighted by molar-refractivity contribution is 5.94. The minimum atomic E-state index is -1.48. The maximum Gasteiger partial charge on any atom is 0.329 e. The first-order valence-corrected chi connectivity index (χ1v) is 32.8. The molecular weight excluding hydrogens is 1090 g/mol. The molecule has 3 aliphatic rings. The quantitative estimate of drug-likeness (QED) is 0.115. The van der Waals surface area contributed by atoms with E-state index >= 15 is 9.59 Å². The Balaban J connectivity index is 1.56. The van der Waals surface area contributed by atoms with Crippen molar-refractivity contribution in [2.75, 3.05) is 28.2 Å². The van der Waals surface area contributed by atoms with Gasteiger partial charge in [-0.15, -0.1) is 0 Å². The summed E-state index contributed by atoms with van der Waals surface area (Å²) in [6, 6.07) is 11.0. The summed E-state index contributed by atoms with van der Waals surface area (Å²) in [6.45, 7) is 17.9. The molecule has 2 aromatic carbocycles. The second-order valence-corrected chi connectivity index (χ2v) is 27.3. The number of carbonyl (C=O) groups is 8. The van der Waals surface area contributed by atoms with Gasteiger partial charge in [-0.3, -0.25) is 19.2 Å². The predicted molar refractivity (Wildman–Crippen MR) is 334 cm³/mol. The Morgan fingerprint density at radius 3 is 0.814 bits per heavy atom. The smallest absolute Gasteiger partial charge is 0.329 e. The van der Waals surface area contributed by atoms with Crippen LogP contribution in [-0.4, -0.2) is 144 Å². The van der Waals surface area contributed by atoms with Crippen LogP contribution in [0.25, 0.3) is 0 Å². The third-order valence-corrected chi connectivity index (χ3v) is 17.9. The number of benzene rings is 2. The number of esters is 4. The molecule has 0 N–H and O–H groups in total. The summed E-state index contributed by atoms with van der Waals surface area (Å²) in [6.07, 6.45) is 13.5. The standard InChI is InChI=1S/C70H108N4O12/c1-45(2)37-57-67(79)83-49(9)63(75)71(11)60(40-48(7)8)70(82)86-62(44-56-35-31-54(32-36-56)42-52-27-23-19-16-20-24-28-52)66(78)74(14)58(38-46(3)4)68(80)84-50(10)64(76)72(12)59(39-47(5)6)69(81)85-61(65(77)73(57)13)43-55-33-29-53(30-34-55)41-51-25-21-17-15-18-22-26-51/h29-36,45-52,57-62H,15-28,37-44H2,1-14H3/t49-,50-,57+,58+,59+,60+,61-,62-/m1/s1. The van der Waals surface area contributed by atoms with Crippen LogP contribution in [-0.2, 0) is 83.0 Å². The number of amides is 4. The van der Waals surface area contributed by atoms with Gasteiger partial charge in [-0.2, -0.15) is 0 Å². The van der Waals surface area contributed by atoms with Crippen molar-refractivity contribution in [3.63, 3.8) is 0 Å². The summed E-state index contributed by atoms with van der Waals surface area (Å²) in [5.41, 5.74) is 3.76. The third-order valence-electron chi connectivity index (χ3n) is 17.9. The van der Waals surface area contributed by atoms with Crippen LogP contribution in [0.1, 0.15) is 207 Å². The second kappa shape index (κ2) is 34.7. The second-order valence-electron chi connectivity index (χ2n) is 27.3. The van der Waals surface area contributed by atoms with E-state index in [1.807, 2.05) is 79.7 Å². The van der Waals surface area contributed by atoms with Crippen molar-refractivity contribution in [1.82, 2.24) is 19.6 Å². The Morgan fingerprint density at radius 2 is 0.558 bits per heavy atom. The topological polar surface area (TPSA) is 186 Å². The molecule has 2 aromatic rings.